The zero-order valence-corrected chi connectivity index (χ0v) is 21.9. The van der Waals surface area contributed by atoms with Crippen molar-refractivity contribution in [3.05, 3.63) is 69.7 Å². The van der Waals surface area contributed by atoms with Gasteiger partial charge >= 0.3 is 0 Å². The summed E-state index contributed by atoms with van der Waals surface area (Å²) in [6.45, 7) is 8.81. The normalized spacial score (nSPS) is 20.8. The molecule has 0 saturated carbocycles. The largest absolute Gasteiger partial charge is 0.361 e. The fourth-order valence-electron chi connectivity index (χ4n) is 4.05. The van der Waals surface area contributed by atoms with E-state index in [1.165, 1.54) is 0 Å². The van der Waals surface area contributed by atoms with Crippen LogP contribution in [0.4, 0.5) is 0 Å². The molecule has 0 bridgehead atoms. The number of carbonyl (C=O) groups excluding carboxylic acids is 1. The van der Waals surface area contributed by atoms with Gasteiger partial charge in [-0.1, -0.05) is 61.3 Å². The second kappa shape index (κ2) is 9.95. The van der Waals surface area contributed by atoms with E-state index in [9.17, 15) is 13.2 Å². The molecule has 1 amide bonds. The molecule has 1 fully saturated rings. The molecule has 0 radical (unpaired) electrons. The maximum absolute atomic E-state index is 13.3. The highest BCUT2D eigenvalue weighted by molar-refractivity contribution is 7.92. The third kappa shape index (κ3) is 5.73. The number of hydrogen-bond acceptors (Lipinski definition) is 4. The predicted octanol–water partition coefficient (Wildman–Crippen LogP) is 5.87. The summed E-state index contributed by atoms with van der Waals surface area (Å²) in [5, 5.41) is 1.13. The van der Waals surface area contributed by atoms with Crippen LogP contribution in [0.5, 0.6) is 0 Å². The van der Waals surface area contributed by atoms with Crippen LogP contribution in [0.3, 0.4) is 0 Å². The molecule has 3 atom stereocenters. The van der Waals surface area contributed by atoms with Gasteiger partial charge < -0.3 is 9.64 Å². The number of carbonyl (C=O) groups is 1. The number of rotatable bonds is 6. The van der Waals surface area contributed by atoms with E-state index in [0.29, 0.717) is 10.0 Å². The van der Waals surface area contributed by atoms with Gasteiger partial charge in [-0.05, 0) is 62.1 Å². The SMILES string of the molecule is CC(C)[C@H](CS(=O)(=O)C(C)(C)C)N1C(=O)COC(c2cccc(Cl)c2)[C@H]1c1ccc(Cl)cc1. The molecule has 1 aliphatic rings. The predicted molar refractivity (Wildman–Crippen MR) is 133 cm³/mol. The third-order valence-corrected chi connectivity index (χ3v) is 9.23. The molecule has 180 valence electrons. The number of halogens is 2. The van der Waals surface area contributed by atoms with Crippen LogP contribution in [0.2, 0.25) is 10.0 Å². The average Bonchev–Trinajstić information content (AvgIpc) is 2.72. The minimum absolute atomic E-state index is 0.0982. The Bertz CT molecular complexity index is 1090. The van der Waals surface area contributed by atoms with E-state index in [1.54, 1.807) is 43.9 Å². The highest BCUT2D eigenvalue weighted by atomic mass is 35.5. The monoisotopic (exact) mass is 511 g/mol. The standard InChI is InChI=1S/C25H31Cl2NO4S/c1-16(2)21(15-33(30,31)25(3,4)5)28-22(29)14-32-24(18-7-6-8-20(27)13-18)23(28)17-9-11-19(26)12-10-17/h6-13,16,21,23-24H,14-15H2,1-5H3/t21-,23+,24?/m0/s1. The fourth-order valence-corrected chi connectivity index (χ4v) is 5.87. The first-order valence-electron chi connectivity index (χ1n) is 11.0. The molecule has 1 heterocycles. The van der Waals surface area contributed by atoms with Gasteiger partial charge in [-0.25, -0.2) is 8.42 Å². The Morgan fingerprint density at radius 2 is 1.67 bits per heavy atom. The number of nitrogens with zero attached hydrogens (tertiary/aromatic N) is 1. The maximum Gasteiger partial charge on any atom is 0.249 e. The van der Waals surface area contributed by atoms with Gasteiger partial charge in [0.15, 0.2) is 9.84 Å². The quantitative estimate of drug-likeness (QED) is 0.486. The smallest absolute Gasteiger partial charge is 0.249 e. The molecule has 1 unspecified atom stereocenters. The molecule has 0 spiro atoms. The van der Waals surface area contributed by atoms with Crippen molar-refractivity contribution in [2.24, 2.45) is 5.92 Å². The minimum Gasteiger partial charge on any atom is -0.361 e. The third-order valence-electron chi connectivity index (χ3n) is 6.10. The zero-order chi connectivity index (χ0) is 24.6. The molecule has 1 saturated heterocycles. The van der Waals surface area contributed by atoms with Crippen LogP contribution in [0.15, 0.2) is 48.5 Å². The molecular weight excluding hydrogens is 481 g/mol. The molecular formula is C25H31Cl2NO4S. The topological polar surface area (TPSA) is 63.7 Å². The average molecular weight is 512 g/mol. The Morgan fingerprint density at radius 3 is 2.21 bits per heavy atom. The van der Waals surface area contributed by atoms with Crippen molar-refractivity contribution in [1.82, 2.24) is 4.90 Å². The van der Waals surface area contributed by atoms with E-state index in [2.05, 4.69) is 0 Å². The molecule has 5 nitrogen and oxygen atoms in total. The molecule has 33 heavy (non-hydrogen) atoms. The number of sulfone groups is 1. The van der Waals surface area contributed by atoms with Gasteiger partial charge in [-0.2, -0.15) is 0 Å². The van der Waals surface area contributed by atoms with Crippen molar-refractivity contribution >= 4 is 38.9 Å². The zero-order valence-electron chi connectivity index (χ0n) is 19.6. The van der Waals surface area contributed by atoms with Gasteiger partial charge in [0.05, 0.1) is 16.5 Å². The van der Waals surface area contributed by atoms with E-state index >= 15 is 0 Å². The summed E-state index contributed by atoms with van der Waals surface area (Å²) >= 11 is 12.4. The number of ether oxygens (including phenoxy) is 1. The van der Waals surface area contributed by atoms with Crippen LogP contribution in [0, 0.1) is 5.92 Å². The summed E-state index contributed by atoms with van der Waals surface area (Å²) in [4.78, 5) is 15.0. The van der Waals surface area contributed by atoms with Gasteiger partial charge in [-0.15, -0.1) is 0 Å². The lowest BCUT2D eigenvalue weighted by Crippen LogP contribution is -2.55. The number of benzene rings is 2. The molecule has 2 aromatic rings. The molecule has 1 aliphatic heterocycles. The van der Waals surface area contributed by atoms with Crippen molar-refractivity contribution in [3.8, 4) is 0 Å². The number of morpholine rings is 1. The van der Waals surface area contributed by atoms with E-state index in [-0.39, 0.29) is 24.2 Å². The Kier molecular flexibility index (Phi) is 7.84. The summed E-state index contributed by atoms with van der Waals surface area (Å²) < 4.78 is 31.5. The van der Waals surface area contributed by atoms with Gasteiger partial charge in [0.2, 0.25) is 5.91 Å². The fraction of sp³-hybridized carbons (Fsp3) is 0.480. The summed E-state index contributed by atoms with van der Waals surface area (Å²) in [5.41, 5.74) is 1.64. The van der Waals surface area contributed by atoms with Crippen LogP contribution < -0.4 is 0 Å². The lowest BCUT2D eigenvalue weighted by atomic mass is 9.90. The van der Waals surface area contributed by atoms with Gasteiger partial charge in [0, 0.05) is 16.1 Å². The van der Waals surface area contributed by atoms with E-state index in [0.717, 1.165) is 11.1 Å². The van der Waals surface area contributed by atoms with Crippen LogP contribution in [0.25, 0.3) is 0 Å². The maximum atomic E-state index is 13.3. The molecule has 0 N–H and O–H groups in total. The molecule has 2 aromatic carbocycles. The van der Waals surface area contributed by atoms with Gasteiger partial charge in [-0.3, -0.25) is 4.79 Å². The summed E-state index contributed by atoms with van der Waals surface area (Å²) in [6, 6.07) is 13.5. The van der Waals surface area contributed by atoms with Crippen LogP contribution in [0.1, 0.15) is 57.9 Å². The van der Waals surface area contributed by atoms with E-state index in [4.69, 9.17) is 27.9 Å². The van der Waals surface area contributed by atoms with Gasteiger partial charge in [0.25, 0.3) is 0 Å². The lowest BCUT2D eigenvalue weighted by molar-refractivity contribution is -0.164. The highest BCUT2D eigenvalue weighted by Crippen LogP contribution is 2.43. The molecule has 0 aliphatic carbocycles. The molecule has 0 aromatic heterocycles. The van der Waals surface area contributed by atoms with Crippen molar-refractivity contribution in [3.63, 3.8) is 0 Å². The van der Waals surface area contributed by atoms with Crippen molar-refractivity contribution in [1.29, 1.82) is 0 Å². The summed E-state index contributed by atoms with van der Waals surface area (Å²) in [6.07, 6.45) is -0.513. The van der Waals surface area contributed by atoms with Crippen molar-refractivity contribution in [2.45, 2.75) is 57.6 Å². The second-order valence-corrected chi connectivity index (χ2v) is 13.4. The molecule has 3 rings (SSSR count). The summed E-state index contributed by atoms with van der Waals surface area (Å²) in [7, 11) is -3.49. The van der Waals surface area contributed by atoms with Crippen LogP contribution in [-0.4, -0.2) is 42.4 Å². The van der Waals surface area contributed by atoms with Gasteiger partial charge in [0.1, 0.15) is 12.7 Å². The van der Waals surface area contributed by atoms with Crippen molar-refractivity contribution in [2.75, 3.05) is 12.4 Å². The van der Waals surface area contributed by atoms with Crippen molar-refractivity contribution < 1.29 is 17.9 Å². The van der Waals surface area contributed by atoms with E-state index in [1.807, 2.05) is 44.2 Å². The molecule has 8 heteroatoms. The first kappa shape index (κ1) is 26.0. The van der Waals surface area contributed by atoms with E-state index < -0.39 is 32.8 Å². The van der Waals surface area contributed by atoms with Crippen LogP contribution >= 0.6 is 23.2 Å². The Labute approximate surface area is 206 Å². The first-order valence-corrected chi connectivity index (χ1v) is 13.4. The Hall–Kier alpha value is -1.60. The Morgan fingerprint density at radius 1 is 1.03 bits per heavy atom. The summed E-state index contributed by atoms with van der Waals surface area (Å²) in [5.74, 6) is -0.471. The number of amides is 1. The first-order chi connectivity index (χ1) is 15.3. The second-order valence-electron chi connectivity index (χ2n) is 9.79. The Balaban J connectivity index is 2.15. The highest BCUT2D eigenvalue weighted by Gasteiger charge is 2.45. The lowest BCUT2D eigenvalue weighted by Gasteiger charge is -2.47. The number of hydrogen-bond donors (Lipinski definition) is 0. The minimum atomic E-state index is -3.49. The van der Waals surface area contributed by atoms with Crippen LogP contribution in [-0.2, 0) is 19.4 Å².